The fourth-order valence-electron chi connectivity index (χ4n) is 2.80. The second kappa shape index (κ2) is 6.84. The molecule has 1 saturated heterocycles. The van der Waals surface area contributed by atoms with Crippen LogP contribution in [0, 0.1) is 5.92 Å². The minimum Gasteiger partial charge on any atom is -0.340 e. The Balaban J connectivity index is 1.69. The maximum atomic E-state index is 12.6. The van der Waals surface area contributed by atoms with Gasteiger partial charge in [-0.25, -0.2) is 0 Å². The molecule has 2 amide bonds. The van der Waals surface area contributed by atoms with E-state index < -0.39 is 0 Å². The number of para-hydroxylation sites is 1. The van der Waals surface area contributed by atoms with Gasteiger partial charge in [0.1, 0.15) is 0 Å². The van der Waals surface area contributed by atoms with Gasteiger partial charge in [-0.05, 0) is 39.5 Å². The van der Waals surface area contributed by atoms with Gasteiger partial charge in [-0.15, -0.1) is 11.3 Å². The van der Waals surface area contributed by atoms with Crippen molar-refractivity contribution >= 4 is 44.8 Å². The molecule has 1 aliphatic heterocycles. The monoisotopic (exact) mass is 392 g/mol. The van der Waals surface area contributed by atoms with Gasteiger partial charge in [0.2, 0.25) is 11.8 Å². The van der Waals surface area contributed by atoms with Crippen molar-refractivity contribution in [1.82, 2.24) is 4.90 Å². The van der Waals surface area contributed by atoms with Crippen molar-refractivity contribution in [3.63, 3.8) is 0 Å². The molecule has 0 spiro atoms. The second-order valence-electron chi connectivity index (χ2n) is 5.63. The van der Waals surface area contributed by atoms with Crippen LogP contribution in [0.15, 0.2) is 46.3 Å². The topological polar surface area (TPSA) is 40.6 Å². The lowest BCUT2D eigenvalue weighted by Gasteiger charge is -2.21. The summed E-state index contributed by atoms with van der Waals surface area (Å²) in [6, 6.07) is 11.6. The molecule has 3 rings (SSSR count). The fourth-order valence-corrected chi connectivity index (χ4v) is 4.06. The molecule has 2 heterocycles. The van der Waals surface area contributed by atoms with E-state index in [1.165, 1.54) is 0 Å². The van der Waals surface area contributed by atoms with E-state index in [2.05, 4.69) is 15.9 Å². The SMILES string of the molecule is CN(Cc1cccs1)C(=O)C1CC(=O)N(c2ccccc2Br)C1. The molecule has 0 radical (unpaired) electrons. The van der Waals surface area contributed by atoms with Crippen LogP contribution in [-0.4, -0.2) is 30.3 Å². The Bertz CT molecular complexity index is 717. The van der Waals surface area contributed by atoms with Crippen molar-refractivity contribution < 1.29 is 9.59 Å². The van der Waals surface area contributed by atoms with Crippen molar-refractivity contribution in [2.24, 2.45) is 5.92 Å². The van der Waals surface area contributed by atoms with Crippen molar-refractivity contribution in [2.75, 3.05) is 18.5 Å². The lowest BCUT2D eigenvalue weighted by Crippen LogP contribution is -2.34. The molecule has 1 aliphatic rings. The zero-order chi connectivity index (χ0) is 16.4. The third-order valence-corrected chi connectivity index (χ3v) is 5.50. The van der Waals surface area contributed by atoms with Crippen LogP contribution in [0.4, 0.5) is 5.69 Å². The van der Waals surface area contributed by atoms with Crippen LogP contribution in [0.25, 0.3) is 0 Å². The number of rotatable bonds is 4. The van der Waals surface area contributed by atoms with Crippen molar-refractivity contribution in [2.45, 2.75) is 13.0 Å². The molecule has 1 aromatic carbocycles. The largest absolute Gasteiger partial charge is 0.340 e. The third-order valence-electron chi connectivity index (χ3n) is 3.97. The first-order valence-corrected chi connectivity index (χ1v) is 9.06. The average Bonchev–Trinajstić information content (AvgIpc) is 3.17. The molecular weight excluding hydrogens is 376 g/mol. The average molecular weight is 393 g/mol. The molecule has 0 N–H and O–H groups in total. The van der Waals surface area contributed by atoms with Crippen LogP contribution in [0.3, 0.4) is 0 Å². The van der Waals surface area contributed by atoms with E-state index in [9.17, 15) is 9.59 Å². The Labute approximate surface area is 147 Å². The molecule has 1 unspecified atom stereocenters. The number of thiophene rings is 1. The minimum absolute atomic E-state index is 0.000210. The second-order valence-corrected chi connectivity index (χ2v) is 7.52. The molecule has 4 nitrogen and oxygen atoms in total. The smallest absolute Gasteiger partial charge is 0.228 e. The lowest BCUT2D eigenvalue weighted by molar-refractivity contribution is -0.135. The summed E-state index contributed by atoms with van der Waals surface area (Å²) >= 11 is 5.11. The van der Waals surface area contributed by atoms with E-state index in [1.54, 1.807) is 28.2 Å². The van der Waals surface area contributed by atoms with Gasteiger partial charge < -0.3 is 9.80 Å². The van der Waals surface area contributed by atoms with Crippen LogP contribution in [0.2, 0.25) is 0 Å². The predicted molar refractivity (Wildman–Crippen MR) is 95.4 cm³/mol. The number of amides is 2. The van der Waals surface area contributed by atoms with E-state index in [4.69, 9.17) is 0 Å². The molecule has 0 bridgehead atoms. The summed E-state index contributed by atoms with van der Waals surface area (Å²) < 4.78 is 0.869. The van der Waals surface area contributed by atoms with Gasteiger partial charge in [0, 0.05) is 29.4 Å². The maximum absolute atomic E-state index is 12.6. The Morgan fingerprint density at radius 3 is 2.83 bits per heavy atom. The van der Waals surface area contributed by atoms with Gasteiger partial charge in [0.25, 0.3) is 0 Å². The summed E-state index contributed by atoms with van der Waals surface area (Å²) in [4.78, 5) is 29.5. The van der Waals surface area contributed by atoms with Crippen molar-refractivity contribution in [3.05, 3.63) is 51.1 Å². The van der Waals surface area contributed by atoms with Gasteiger partial charge in [0.15, 0.2) is 0 Å². The number of anilines is 1. The standard InChI is InChI=1S/C17H17BrN2O2S/c1-19(11-13-5-4-8-23-13)17(22)12-9-16(21)20(10-12)15-7-3-2-6-14(15)18/h2-8,12H,9-11H2,1H3. The summed E-state index contributed by atoms with van der Waals surface area (Å²) in [7, 11) is 1.80. The number of hydrogen-bond donors (Lipinski definition) is 0. The molecule has 120 valence electrons. The number of carbonyl (C=O) groups excluding carboxylic acids is 2. The highest BCUT2D eigenvalue weighted by Crippen LogP contribution is 2.32. The number of hydrogen-bond acceptors (Lipinski definition) is 3. The molecule has 1 fully saturated rings. The highest BCUT2D eigenvalue weighted by molar-refractivity contribution is 9.10. The van der Waals surface area contributed by atoms with Gasteiger partial charge >= 0.3 is 0 Å². The van der Waals surface area contributed by atoms with Crippen molar-refractivity contribution in [1.29, 1.82) is 0 Å². The molecule has 1 aromatic heterocycles. The molecule has 0 aliphatic carbocycles. The van der Waals surface area contributed by atoms with Crippen LogP contribution in [0.1, 0.15) is 11.3 Å². The number of benzene rings is 1. The van der Waals surface area contributed by atoms with E-state index >= 15 is 0 Å². The quantitative estimate of drug-likeness (QED) is 0.798. The van der Waals surface area contributed by atoms with Gasteiger partial charge in [-0.1, -0.05) is 18.2 Å². The first-order chi connectivity index (χ1) is 11.1. The molecule has 1 atom stereocenters. The Morgan fingerprint density at radius 2 is 2.13 bits per heavy atom. The highest BCUT2D eigenvalue weighted by Gasteiger charge is 2.37. The summed E-state index contributed by atoms with van der Waals surface area (Å²) in [6.07, 6.45) is 0.273. The summed E-state index contributed by atoms with van der Waals surface area (Å²) in [6.45, 7) is 1.03. The number of carbonyl (C=O) groups is 2. The first-order valence-electron chi connectivity index (χ1n) is 7.38. The molecule has 23 heavy (non-hydrogen) atoms. The maximum Gasteiger partial charge on any atom is 0.228 e. The van der Waals surface area contributed by atoms with E-state index in [0.717, 1.165) is 15.0 Å². The lowest BCUT2D eigenvalue weighted by atomic mass is 10.1. The van der Waals surface area contributed by atoms with Crippen LogP contribution >= 0.6 is 27.3 Å². The zero-order valence-electron chi connectivity index (χ0n) is 12.7. The normalized spacial score (nSPS) is 17.6. The van der Waals surface area contributed by atoms with Gasteiger partial charge in [-0.2, -0.15) is 0 Å². The Morgan fingerprint density at radius 1 is 1.35 bits per heavy atom. The fraction of sp³-hybridized carbons (Fsp3) is 0.294. The molecule has 0 saturated carbocycles. The first kappa shape index (κ1) is 16.2. The van der Waals surface area contributed by atoms with Gasteiger partial charge in [-0.3, -0.25) is 9.59 Å². The number of nitrogens with zero attached hydrogens (tertiary/aromatic N) is 2. The summed E-state index contributed by atoms with van der Waals surface area (Å²) in [5.74, 6) is -0.249. The van der Waals surface area contributed by atoms with E-state index in [1.807, 2.05) is 41.8 Å². The minimum atomic E-state index is -0.278. The zero-order valence-corrected chi connectivity index (χ0v) is 15.1. The summed E-state index contributed by atoms with van der Waals surface area (Å²) in [5.41, 5.74) is 0.828. The predicted octanol–water partition coefficient (Wildman–Crippen LogP) is 3.52. The van der Waals surface area contributed by atoms with Crippen LogP contribution in [0.5, 0.6) is 0 Å². The van der Waals surface area contributed by atoms with Crippen LogP contribution < -0.4 is 4.90 Å². The van der Waals surface area contributed by atoms with Gasteiger partial charge in [0.05, 0.1) is 18.2 Å². The molecular formula is C17H17BrN2O2S. The number of halogens is 1. The summed E-state index contributed by atoms with van der Waals surface area (Å²) in [5, 5.41) is 2.00. The molecule has 6 heteroatoms. The van der Waals surface area contributed by atoms with Crippen molar-refractivity contribution in [3.8, 4) is 0 Å². The highest BCUT2D eigenvalue weighted by atomic mass is 79.9. The van der Waals surface area contributed by atoms with E-state index in [-0.39, 0.29) is 24.2 Å². The Kier molecular flexibility index (Phi) is 4.82. The van der Waals surface area contributed by atoms with E-state index in [0.29, 0.717) is 13.1 Å². The Hall–Kier alpha value is -1.66. The van der Waals surface area contributed by atoms with Crippen LogP contribution in [-0.2, 0) is 16.1 Å². The molecule has 2 aromatic rings. The third kappa shape index (κ3) is 3.48.